The number of carbonyl (C=O) groups is 1. The zero-order valence-electron chi connectivity index (χ0n) is 8.65. The molecule has 0 spiro atoms. The molecule has 2 rings (SSSR count). The third kappa shape index (κ3) is 2.42. The van der Waals surface area contributed by atoms with Crippen LogP contribution in [0.3, 0.4) is 0 Å². The lowest BCUT2D eigenvalue weighted by Crippen LogP contribution is -2.11. The fourth-order valence-electron chi connectivity index (χ4n) is 1.52. The van der Waals surface area contributed by atoms with Crippen LogP contribution in [0.4, 0.5) is 0 Å². The Morgan fingerprint density at radius 2 is 1.88 bits per heavy atom. The molecule has 0 heterocycles. The van der Waals surface area contributed by atoms with Gasteiger partial charge in [-0.05, 0) is 11.5 Å². The highest BCUT2D eigenvalue weighted by Crippen LogP contribution is 2.24. The molecule has 2 nitrogen and oxygen atoms in total. The van der Waals surface area contributed by atoms with Crippen molar-refractivity contribution in [2.45, 2.75) is 0 Å². The van der Waals surface area contributed by atoms with Crippen LogP contribution in [0.25, 0.3) is 10.8 Å². The molecular formula is C13H11BrO2. The highest BCUT2D eigenvalue weighted by atomic mass is 79.9. The molecule has 82 valence electrons. The average molecular weight is 279 g/mol. The van der Waals surface area contributed by atoms with E-state index in [0.717, 1.165) is 16.5 Å². The maximum absolute atomic E-state index is 11.1. The summed E-state index contributed by atoms with van der Waals surface area (Å²) in [5, 5.41) is 2.48. The highest BCUT2D eigenvalue weighted by molar-refractivity contribution is 9.09. The minimum atomic E-state index is 0.0351. The molecule has 0 aromatic heterocycles. The summed E-state index contributed by atoms with van der Waals surface area (Å²) >= 11 is 3.11. The SMILES string of the molecule is O=C(CBr)COc1cccc2ccccc12. The van der Waals surface area contributed by atoms with Crippen LogP contribution in [-0.2, 0) is 4.79 Å². The molecule has 0 aliphatic heterocycles. The number of rotatable bonds is 4. The van der Waals surface area contributed by atoms with E-state index in [-0.39, 0.29) is 12.4 Å². The van der Waals surface area contributed by atoms with Crippen molar-refractivity contribution in [1.82, 2.24) is 0 Å². The van der Waals surface area contributed by atoms with E-state index in [0.29, 0.717) is 5.33 Å². The lowest BCUT2D eigenvalue weighted by Gasteiger charge is -2.07. The zero-order valence-corrected chi connectivity index (χ0v) is 10.2. The third-order valence-corrected chi connectivity index (χ3v) is 2.91. The van der Waals surface area contributed by atoms with Gasteiger partial charge in [-0.25, -0.2) is 0 Å². The number of carbonyl (C=O) groups excluding carboxylic acids is 1. The Morgan fingerprint density at radius 3 is 2.69 bits per heavy atom. The minimum Gasteiger partial charge on any atom is -0.485 e. The zero-order chi connectivity index (χ0) is 11.4. The number of ketones is 1. The van der Waals surface area contributed by atoms with Crippen molar-refractivity contribution in [2.75, 3.05) is 11.9 Å². The van der Waals surface area contributed by atoms with Crippen LogP contribution in [0.2, 0.25) is 0 Å². The van der Waals surface area contributed by atoms with Crippen molar-refractivity contribution in [1.29, 1.82) is 0 Å². The first kappa shape index (κ1) is 11.1. The molecule has 0 radical (unpaired) electrons. The van der Waals surface area contributed by atoms with Crippen molar-refractivity contribution in [3.63, 3.8) is 0 Å². The van der Waals surface area contributed by atoms with Crippen LogP contribution in [-0.4, -0.2) is 17.7 Å². The van der Waals surface area contributed by atoms with Crippen molar-refractivity contribution in [3.05, 3.63) is 42.5 Å². The standard InChI is InChI=1S/C13H11BrO2/c14-8-11(15)9-16-13-7-3-5-10-4-1-2-6-12(10)13/h1-7H,8-9H2. The molecule has 0 N–H and O–H groups in total. The molecule has 0 amide bonds. The minimum absolute atomic E-state index is 0.0351. The van der Waals surface area contributed by atoms with Gasteiger partial charge in [0.15, 0.2) is 5.78 Å². The number of ether oxygens (including phenoxy) is 1. The maximum Gasteiger partial charge on any atom is 0.180 e. The van der Waals surface area contributed by atoms with E-state index < -0.39 is 0 Å². The van der Waals surface area contributed by atoms with Crippen molar-refractivity contribution < 1.29 is 9.53 Å². The van der Waals surface area contributed by atoms with Gasteiger partial charge >= 0.3 is 0 Å². The molecule has 2 aromatic rings. The number of hydrogen-bond acceptors (Lipinski definition) is 2. The summed E-state index contributed by atoms with van der Waals surface area (Å²) in [5.41, 5.74) is 0. The second-order valence-electron chi connectivity index (χ2n) is 3.44. The van der Waals surface area contributed by atoms with Gasteiger partial charge in [-0.15, -0.1) is 0 Å². The van der Waals surface area contributed by atoms with Crippen LogP contribution >= 0.6 is 15.9 Å². The fourth-order valence-corrected chi connectivity index (χ4v) is 1.68. The predicted molar refractivity (Wildman–Crippen MR) is 68.2 cm³/mol. The Balaban J connectivity index is 2.27. The summed E-state index contributed by atoms with van der Waals surface area (Å²) in [6.45, 7) is 0.110. The van der Waals surface area contributed by atoms with E-state index in [1.807, 2.05) is 42.5 Å². The largest absolute Gasteiger partial charge is 0.485 e. The van der Waals surface area contributed by atoms with Crippen LogP contribution in [0.1, 0.15) is 0 Å². The lowest BCUT2D eigenvalue weighted by molar-refractivity contribution is -0.118. The van der Waals surface area contributed by atoms with Crippen LogP contribution < -0.4 is 4.74 Å². The van der Waals surface area contributed by atoms with E-state index in [2.05, 4.69) is 15.9 Å². The first-order chi connectivity index (χ1) is 7.81. The Bertz CT molecular complexity index is 503. The van der Waals surface area contributed by atoms with E-state index in [9.17, 15) is 4.79 Å². The first-order valence-electron chi connectivity index (χ1n) is 4.99. The van der Waals surface area contributed by atoms with Gasteiger partial charge in [0, 0.05) is 5.39 Å². The van der Waals surface area contributed by atoms with E-state index in [4.69, 9.17) is 4.74 Å². The molecule has 0 fully saturated rings. The maximum atomic E-state index is 11.1. The number of alkyl halides is 1. The third-order valence-electron chi connectivity index (χ3n) is 2.29. The highest BCUT2D eigenvalue weighted by Gasteiger charge is 2.04. The normalized spacial score (nSPS) is 10.3. The number of Topliss-reactive ketones (excluding diaryl/α,β-unsaturated/α-hetero) is 1. The summed E-state index contributed by atoms with van der Waals surface area (Å²) in [6.07, 6.45) is 0. The molecular weight excluding hydrogens is 268 g/mol. The topological polar surface area (TPSA) is 26.3 Å². The Kier molecular flexibility index (Phi) is 3.57. The van der Waals surface area contributed by atoms with Gasteiger partial charge in [-0.2, -0.15) is 0 Å². The van der Waals surface area contributed by atoms with E-state index in [1.54, 1.807) is 0 Å². The number of hydrogen-bond donors (Lipinski definition) is 0. The van der Waals surface area contributed by atoms with Crippen LogP contribution in [0.5, 0.6) is 5.75 Å². The molecule has 0 atom stereocenters. The molecule has 16 heavy (non-hydrogen) atoms. The molecule has 0 saturated heterocycles. The second kappa shape index (κ2) is 5.12. The molecule has 0 unspecified atom stereocenters. The summed E-state index contributed by atoms with van der Waals surface area (Å²) in [4.78, 5) is 11.1. The summed E-state index contributed by atoms with van der Waals surface area (Å²) in [5.74, 6) is 0.792. The predicted octanol–water partition coefficient (Wildman–Crippen LogP) is 3.18. The monoisotopic (exact) mass is 278 g/mol. The van der Waals surface area contributed by atoms with Crippen LogP contribution in [0, 0.1) is 0 Å². The van der Waals surface area contributed by atoms with Crippen LogP contribution in [0.15, 0.2) is 42.5 Å². The summed E-state index contributed by atoms with van der Waals surface area (Å²) in [6, 6.07) is 13.8. The van der Waals surface area contributed by atoms with Gasteiger partial charge in [0.2, 0.25) is 0 Å². The van der Waals surface area contributed by atoms with Gasteiger partial charge in [-0.1, -0.05) is 52.3 Å². The van der Waals surface area contributed by atoms with Crippen molar-refractivity contribution in [2.24, 2.45) is 0 Å². The summed E-state index contributed by atoms with van der Waals surface area (Å²) < 4.78 is 5.49. The molecule has 2 aromatic carbocycles. The van der Waals surface area contributed by atoms with E-state index >= 15 is 0 Å². The molecule has 3 heteroatoms. The Labute approximate surface area is 102 Å². The van der Waals surface area contributed by atoms with Gasteiger partial charge in [0.05, 0.1) is 5.33 Å². The van der Waals surface area contributed by atoms with Gasteiger partial charge in [0.25, 0.3) is 0 Å². The Morgan fingerprint density at radius 1 is 1.12 bits per heavy atom. The van der Waals surface area contributed by atoms with Crippen molar-refractivity contribution >= 4 is 32.5 Å². The first-order valence-corrected chi connectivity index (χ1v) is 6.11. The summed E-state index contributed by atoms with van der Waals surface area (Å²) in [7, 11) is 0. The number of fused-ring (bicyclic) bond motifs is 1. The molecule has 0 bridgehead atoms. The molecule has 0 aliphatic rings. The van der Waals surface area contributed by atoms with E-state index in [1.165, 1.54) is 0 Å². The number of halogens is 1. The average Bonchev–Trinajstić information content (AvgIpc) is 2.35. The van der Waals surface area contributed by atoms with Gasteiger partial charge < -0.3 is 4.74 Å². The quantitative estimate of drug-likeness (QED) is 0.803. The molecule has 0 saturated carbocycles. The van der Waals surface area contributed by atoms with Gasteiger partial charge in [-0.3, -0.25) is 4.79 Å². The lowest BCUT2D eigenvalue weighted by atomic mass is 10.1. The fraction of sp³-hybridized carbons (Fsp3) is 0.154. The Hall–Kier alpha value is -1.35. The smallest absolute Gasteiger partial charge is 0.180 e. The number of benzene rings is 2. The van der Waals surface area contributed by atoms with Crippen molar-refractivity contribution in [3.8, 4) is 5.75 Å². The second-order valence-corrected chi connectivity index (χ2v) is 4.00. The molecule has 0 aliphatic carbocycles. The van der Waals surface area contributed by atoms with Gasteiger partial charge in [0.1, 0.15) is 12.4 Å².